The molecule has 0 bridgehead atoms. The van der Waals surface area contributed by atoms with E-state index in [0.717, 1.165) is 42.9 Å². The number of tetrazole rings is 1. The molecule has 3 aromatic rings. The number of aromatic nitrogens is 5. The number of hydrogen-bond acceptors (Lipinski definition) is 6. The van der Waals surface area contributed by atoms with E-state index in [2.05, 4.69) is 64.1 Å². The number of nitrogens with zero attached hydrogens (tertiary/aromatic N) is 6. The van der Waals surface area contributed by atoms with Crippen LogP contribution in [-0.4, -0.2) is 67.2 Å². The van der Waals surface area contributed by atoms with Crippen LogP contribution in [0.4, 0.5) is 0 Å². The average Bonchev–Trinajstić information content (AvgIpc) is 3.31. The molecule has 0 spiro atoms. The summed E-state index contributed by atoms with van der Waals surface area (Å²) in [6.07, 6.45) is 6.70. The lowest BCUT2D eigenvalue weighted by Crippen LogP contribution is -2.52. The zero-order valence-corrected chi connectivity index (χ0v) is 20.9. The van der Waals surface area contributed by atoms with Gasteiger partial charge in [0, 0.05) is 43.3 Å². The fourth-order valence-electron chi connectivity index (χ4n) is 5.69. The third-order valence-electron chi connectivity index (χ3n) is 7.50. The highest BCUT2D eigenvalue weighted by Gasteiger charge is 2.36. The molecule has 1 aromatic carbocycles. The minimum Gasteiger partial charge on any atom is -0.322 e. The van der Waals surface area contributed by atoms with Crippen LogP contribution < -0.4 is 5.56 Å². The number of H-pyrrole nitrogens is 1. The molecule has 0 radical (unpaired) electrons. The Morgan fingerprint density at radius 2 is 1.76 bits per heavy atom. The van der Waals surface area contributed by atoms with Crippen LogP contribution in [0.25, 0.3) is 10.9 Å². The van der Waals surface area contributed by atoms with Crippen LogP contribution in [0.15, 0.2) is 29.1 Å². The molecule has 182 valence electrons. The van der Waals surface area contributed by atoms with Crippen LogP contribution in [-0.2, 0) is 5.54 Å². The van der Waals surface area contributed by atoms with Gasteiger partial charge in [0.2, 0.25) is 0 Å². The maximum absolute atomic E-state index is 13.4. The van der Waals surface area contributed by atoms with Gasteiger partial charge in [-0.2, -0.15) is 0 Å². The van der Waals surface area contributed by atoms with Crippen molar-refractivity contribution >= 4 is 10.9 Å². The first-order valence-electron chi connectivity index (χ1n) is 12.7. The van der Waals surface area contributed by atoms with Gasteiger partial charge in [-0.1, -0.05) is 30.9 Å². The zero-order valence-electron chi connectivity index (χ0n) is 20.9. The van der Waals surface area contributed by atoms with Crippen molar-refractivity contribution in [1.29, 1.82) is 0 Å². The maximum atomic E-state index is 13.4. The van der Waals surface area contributed by atoms with Crippen LogP contribution >= 0.6 is 0 Å². The highest BCUT2D eigenvalue weighted by Crippen LogP contribution is 2.31. The van der Waals surface area contributed by atoms with Gasteiger partial charge in [-0.05, 0) is 74.5 Å². The Balaban J connectivity index is 1.53. The van der Waals surface area contributed by atoms with Crippen LogP contribution in [0.3, 0.4) is 0 Å². The lowest BCUT2D eigenvalue weighted by Gasteiger charge is -2.43. The van der Waals surface area contributed by atoms with Gasteiger partial charge >= 0.3 is 0 Å². The minimum absolute atomic E-state index is 0.0699. The molecule has 1 aliphatic heterocycles. The van der Waals surface area contributed by atoms with Crippen molar-refractivity contribution in [2.24, 2.45) is 0 Å². The van der Waals surface area contributed by atoms with Crippen molar-refractivity contribution in [3.8, 4) is 0 Å². The van der Waals surface area contributed by atoms with E-state index in [1.807, 2.05) is 22.9 Å². The highest BCUT2D eigenvalue weighted by atomic mass is 16.1. The fraction of sp³-hybridized carbons (Fsp3) is 0.615. The number of pyridine rings is 1. The molecule has 2 aromatic heterocycles. The predicted molar refractivity (Wildman–Crippen MR) is 134 cm³/mol. The van der Waals surface area contributed by atoms with Gasteiger partial charge in [-0.25, -0.2) is 4.68 Å². The van der Waals surface area contributed by atoms with E-state index in [4.69, 9.17) is 0 Å². The lowest BCUT2D eigenvalue weighted by molar-refractivity contribution is 0.0606. The number of fused-ring (bicyclic) bond motifs is 1. The monoisotopic (exact) mass is 463 g/mol. The van der Waals surface area contributed by atoms with E-state index in [-0.39, 0.29) is 17.1 Å². The summed E-state index contributed by atoms with van der Waals surface area (Å²) in [4.78, 5) is 21.6. The average molecular weight is 464 g/mol. The Bertz CT molecular complexity index is 1190. The second-order valence-electron chi connectivity index (χ2n) is 11.0. The third kappa shape index (κ3) is 4.53. The quantitative estimate of drug-likeness (QED) is 0.636. The first kappa shape index (κ1) is 23.2. The number of benzene rings is 1. The normalized spacial score (nSPS) is 20.1. The molecule has 8 heteroatoms. The van der Waals surface area contributed by atoms with Crippen LogP contribution in [0.2, 0.25) is 0 Å². The van der Waals surface area contributed by atoms with E-state index in [0.29, 0.717) is 11.6 Å². The van der Waals surface area contributed by atoms with Gasteiger partial charge in [-0.15, -0.1) is 5.10 Å². The van der Waals surface area contributed by atoms with E-state index in [1.54, 1.807) is 0 Å². The Kier molecular flexibility index (Phi) is 6.29. The van der Waals surface area contributed by atoms with Crippen molar-refractivity contribution < 1.29 is 0 Å². The molecule has 2 aliphatic rings. The molecule has 1 atom stereocenters. The van der Waals surface area contributed by atoms with Crippen LogP contribution in [0.1, 0.15) is 75.9 Å². The Hall–Kier alpha value is -2.58. The molecule has 1 unspecified atom stereocenters. The van der Waals surface area contributed by atoms with E-state index in [1.165, 1.54) is 37.7 Å². The molecule has 1 N–H and O–H groups in total. The van der Waals surface area contributed by atoms with Gasteiger partial charge in [0.05, 0.1) is 5.54 Å². The number of rotatable bonds is 4. The third-order valence-corrected chi connectivity index (χ3v) is 7.50. The van der Waals surface area contributed by atoms with Crippen molar-refractivity contribution in [3.63, 3.8) is 0 Å². The lowest BCUT2D eigenvalue weighted by atomic mass is 9.93. The number of aryl methyl sites for hydroxylation is 1. The topological polar surface area (TPSA) is 82.9 Å². The van der Waals surface area contributed by atoms with Gasteiger partial charge in [-0.3, -0.25) is 14.6 Å². The molecular weight excluding hydrogens is 426 g/mol. The molecule has 5 rings (SSSR count). The SMILES string of the molecule is Cc1ccc2[nH]c(=O)c(C(c3nnnn3C(C)(C)C)N3CCN(C4CCCCC4)CC3)cc2c1. The molecule has 1 saturated heterocycles. The minimum atomic E-state index is -0.295. The molecular formula is C26H37N7O. The first-order chi connectivity index (χ1) is 16.3. The molecule has 0 amide bonds. The summed E-state index contributed by atoms with van der Waals surface area (Å²) in [7, 11) is 0. The molecule has 8 nitrogen and oxygen atoms in total. The maximum Gasteiger partial charge on any atom is 0.253 e. The largest absolute Gasteiger partial charge is 0.322 e. The smallest absolute Gasteiger partial charge is 0.253 e. The van der Waals surface area contributed by atoms with E-state index in [9.17, 15) is 4.79 Å². The standard InChI is InChI=1S/C26H37N7O/c1-18-10-11-22-19(16-18)17-21(25(34)27-22)23(24-28-29-30-33(24)26(2,3)4)32-14-12-31(13-15-32)20-8-6-5-7-9-20/h10-11,16-17,20,23H,5-9,12-15H2,1-4H3,(H,27,34). The molecule has 1 saturated carbocycles. The molecule has 3 heterocycles. The second kappa shape index (κ2) is 9.23. The Morgan fingerprint density at radius 1 is 1.03 bits per heavy atom. The summed E-state index contributed by atoms with van der Waals surface area (Å²) in [5.41, 5.74) is 2.38. The molecule has 2 fully saturated rings. The summed E-state index contributed by atoms with van der Waals surface area (Å²) in [5, 5.41) is 13.9. The number of aromatic amines is 1. The summed E-state index contributed by atoms with van der Waals surface area (Å²) >= 11 is 0. The van der Waals surface area contributed by atoms with Crippen LogP contribution in [0.5, 0.6) is 0 Å². The van der Waals surface area contributed by atoms with Crippen molar-refractivity contribution in [1.82, 2.24) is 35.0 Å². The Labute approximate surface area is 201 Å². The predicted octanol–water partition coefficient (Wildman–Crippen LogP) is 3.62. The fourth-order valence-corrected chi connectivity index (χ4v) is 5.69. The van der Waals surface area contributed by atoms with Gasteiger partial charge in [0.15, 0.2) is 5.82 Å². The van der Waals surface area contributed by atoms with E-state index >= 15 is 0 Å². The summed E-state index contributed by atoms with van der Waals surface area (Å²) in [6.45, 7) is 12.2. The number of piperazine rings is 1. The van der Waals surface area contributed by atoms with Crippen molar-refractivity contribution in [3.05, 3.63) is 51.6 Å². The van der Waals surface area contributed by atoms with Gasteiger partial charge < -0.3 is 4.98 Å². The van der Waals surface area contributed by atoms with Crippen molar-refractivity contribution in [2.45, 2.75) is 77.4 Å². The number of nitrogens with one attached hydrogen (secondary N) is 1. The van der Waals surface area contributed by atoms with Crippen LogP contribution in [0, 0.1) is 6.92 Å². The summed E-state index contributed by atoms with van der Waals surface area (Å²) in [6, 6.07) is 8.59. The highest BCUT2D eigenvalue weighted by molar-refractivity contribution is 5.79. The number of hydrogen-bond donors (Lipinski definition) is 1. The summed E-state index contributed by atoms with van der Waals surface area (Å²) < 4.78 is 1.88. The summed E-state index contributed by atoms with van der Waals surface area (Å²) in [5.74, 6) is 0.733. The van der Waals surface area contributed by atoms with E-state index < -0.39 is 0 Å². The second-order valence-corrected chi connectivity index (χ2v) is 11.0. The molecule has 34 heavy (non-hydrogen) atoms. The van der Waals surface area contributed by atoms with Gasteiger partial charge in [0.25, 0.3) is 5.56 Å². The first-order valence-corrected chi connectivity index (χ1v) is 12.7. The Morgan fingerprint density at radius 3 is 2.47 bits per heavy atom. The zero-order chi connectivity index (χ0) is 23.9. The van der Waals surface area contributed by atoms with Gasteiger partial charge in [0.1, 0.15) is 6.04 Å². The molecule has 1 aliphatic carbocycles. The van der Waals surface area contributed by atoms with Crippen molar-refractivity contribution in [2.75, 3.05) is 26.2 Å².